The summed E-state index contributed by atoms with van der Waals surface area (Å²) in [5.74, 6) is 0.0539. The summed E-state index contributed by atoms with van der Waals surface area (Å²) in [6.07, 6.45) is 0.920. The van der Waals surface area contributed by atoms with Gasteiger partial charge in [0.2, 0.25) is 15.9 Å². The van der Waals surface area contributed by atoms with Crippen molar-refractivity contribution in [1.82, 2.24) is 13.9 Å². The van der Waals surface area contributed by atoms with Crippen LogP contribution in [0.5, 0.6) is 0 Å². The number of imidazole rings is 1. The summed E-state index contributed by atoms with van der Waals surface area (Å²) < 4.78 is 33.1. The van der Waals surface area contributed by atoms with Crippen LogP contribution in [-0.2, 0) is 43.7 Å². The van der Waals surface area contributed by atoms with E-state index in [1.54, 1.807) is 18.2 Å². The maximum atomic E-state index is 13.3. The van der Waals surface area contributed by atoms with Crippen LogP contribution in [0.25, 0.3) is 11.0 Å². The first kappa shape index (κ1) is 23.9. The smallest absolute Gasteiger partial charge is 0.329 e. The van der Waals surface area contributed by atoms with E-state index < -0.39 is 22.0 Å². The van der Waals surface area contributed by atoms with Crippen LogP contribution in [0.15, 0.2) is 47.4 Å². The van der Waals surface area contributed by atoms with Crippen LogP contribution < -0.4 is 4.90 Å². The molecule has 0 N–H and O–H groups in total. The van der Waals surface area contributed by atoms with Gasteiger partial charge in [-0.05, 0) is 36.8 Å². The Morgan fingerprint density at radius 1 is 1.18 bits per heavy atom. The van der Waals surface area contributed by atoms with Gasteiger partial charge in [0.15, 0.2) is 0 Å². The fraction of sp³-hybridized carbons (Fsp3) is 0.375. The van der Waals surface area contributed by atoms with Crippen LogP contribution in [0.1, 0.15) is 24.7 Å². The van der Waals surface area contributed by atoms with Crippen molar-refractivity contribution in [2.45, 2.75) is 43.7 Å². The number of hydrogen-bond donors (Lipinski definition) is 0. The number of aryl methyl sites for hydroxylation is 2. The number of amides is 1. The van der Waals surface area contributed by atoms with Crippen LogP contribution in [0.3, 0.4) is 0 Å². The number of carbonyl (C=O) groups excluding carboxylic acids is 2. The molecule has 0 saturated heterocycles. The predicted octanol–water partition coefficient (Wildman–Crippen LogP) is 2.37. The van der Waals surface area contributed by atoms with Gasteiger partial charge in [0.1, 0.15) is 11.9 Å². The first-order chi connectivity index (χ1) is 16.2. The Balaban J connectivity index is 1.61. The third-order valence-corrected chi connectivity index (χ3v) is 7.99. The van der Waals surface area contributed by atoms with Crippen molar-refractivity contribution in [2.24, 2.45) is 0 Å². The zero-order valence-corrected chi connectivity index (χ0v) is 20.5. The monoisotopic (exact) mass is 484 g/mol. The Bertz CT molecular complexity index is 1360. The zero-order valence-electron chi connectivity index (χ0n) is 19.7. The molecule has 34 heavy (non-hydrogen) atoms. The Morgan fingerprint density at radius 3 is 2.59 bits per heavy atom. The van der Waals surface area contributed by atoms with Gasteiger partial charge in [0, 0.05) is 45.6 Å². The van der Waals surface area contributed by atoms with Gasteiger partial charge in [0.05, 0.1) is 23.0 Å². The van der Waals surface area contributed by atoms with Crippen LogP contribution >= 0.6 is 0 Å². The molecule has 2 heterocycles. The number of hydrogen-bond acceptors (Lipinski definition) is 6. The van der Waals surface area contributed by atoms with Crippen molar-refractivity contribution in [3.05, 3.63) is 53.9 Å². The molecule has 0 radical (unpaired) electrons. The normalized spacial score (nSPS) is 15.7. The van der Waals surface area contributed by atoms with Crippen LogP contribution in [0, 0.1) is 0 Å². The highest BCUT2D eigenvalue weighted by molar-refractivity contribution is 7.89. The average Bonchev–Trinajstić information content (AvgIpc) is 3.39. The molecule has 0 fully saturated rings. The van der Waals surface area contributed by atoms with Gasteiger partial charge in [0.25, 0.3) is 0 Å². The Morgan fingerprint density at radius 2 is 1.91 bits per heavy atom. The van der Waals surface area contributed by atoms with Crippen molar-refractivity contribution in [3.63, 3.8) is 0 Å². The SMILES string of the molecule is CCn1c(CCC(=O)N2c3ccccc3CC2C(=O)OC)nc2cc(S(=O)(=O)N(C)C)ccc21. The molecule has 1 amide bonds. The molecule has 9 nitrogen and oxygen atoms in total. The lowest BCUT2D eigenvalue weighted by Gasteiger charge is -2.23. The zero-order chi connectivity index (χ0) is 24.6. The van der Waals surface area contributed by atoms with E-state index in [1.165, 1.54) is 26.1 Å². The number of anilines is 1. The Labute approximate surface area is 199 Å². The number of rotatable bonds is 7. The summed E-state index contributed by atoms with van der Waals surface area (Å²) in [7, 11) is 0.711. The highest BCUT2D eigenvalue weighted by Crippen LogP contribution is 2.33. The maximum absolute atomic E-state index is 13.3. The highest BCUT2D eigenvalue weighted by atomic mass is 32.2. The number of fused-ring (bicyclic) bond motifs is 2. The fourth-order valence-corrected chi connectivity index (χ4v) is 5.35. The number of ether oxygens (including phenoxy) is 1. The number of aromatic nitrogens is 2. The molecule has 1 aliphatic rings. The van der Waals surface area contributed by atoms with Crippen LogP contribution in [0.4, 0.5) is 5.69 Å². The lowest BCUT2D eigenvalue weighted by atomic mass is 10.1. The van der Waals surface area contributed by atoms with Gasteiger partial charge in [-0.1, -0.05) is 18.2 Å². The van der Waals surface area contributed by atoms with Crippen LogP contribution in [-0.4, -0.2) is 61.4 Å². The summed E-state index contributed by atoms with van der Waals surface area (Å²) in [5.41, 5.74) is 3.03. The molecule has 180 valence electrons. The van der Waals surface area contributed by atoms with Crippen molar-refractivity contribution in [2.75, 3.05) is 26.1 Å². The van der Waals surface area contributed by atoms with Crippen molar-refractivity contribution in [1.29, 1.82) is 0 Å². The Hall–Kier alpha value is -3.24. The number of methoxy groups -OCH3 is 1. The third kappa shape index (κ3) is 4.07. The van der Waals surface area contributed by atoms with E-state index in [0.29, 0.717) is 30.7 Å². The maximum Gasteiger partial charge on any atom is 0.329 e. The summed E-state index contributed by atoms with van der Waals surface area (Å²) in [4.78, 5) is 32.0. The van der Waals surface area contributed by atoms with Gasteiger partial charge >= 0.3 is 5.97 Å². The highest BCUT2D eigenvalue weighted by Gasteiger charge is 2.38. The molecular weight excluding hydrogens is 456 g/mol. The first-order valence-corrected chi connectivity index (χ1v) is 12.5. The molecule has 10 heteroatoms. The second-order valence-electron chi connectivity index (χ2n) is 8.35. The number of nitrogens with zero attached hydrogens (tertiary/aromatic N) is 4. The van der Waals surface area contributed by atoms with E-state index in [-0.39, 0.29) is 17.2 Å². The van der Waals surface area contributed by atoms with E-state index in [0.717, 1.165) is 21.1 Å². The number of benzene rings is 2. The molecular formula is C24H28N4O5S. The van der Waals surface area contributed by atoms with Gasteiger partial charge in [-0.15, -0.1) is 0 Å². The summed E-state index contributed by atoms with van der Waals surface area (Å²) in [5, 5.41) is 0. The summed E-state index contributed by atoms with van der Waals surface area (Å²) in [6.45, 7) is 2.60. The van der Waals surface area contributed by atoms with E-state index in [1.807, 2.05) is 35.8 Å². The molecule has 0 spiro atoms. The van der Waals surface area contributed by atoms with Gasteiger partial charge in [-0.25, -0.2) is 22.5 Å². The van der Waals surface area contributed by atoms with E-state index in [4.69, 9.17) is 4.74 Å². The minimum atomic E-state index is -3.58. The molecule has 1 atom stereocenters. The number of esters is 1. The third-order valence-electron chi connectivity index (χ3n) is 6.17. The topological polar surface area (TPSA) is 102 Å². The Kier molecular flexibility index (Phi) is 6.46. The van der Waals surface area contributed by atoms with E-state index >= 15 is 0 Å². The number of sulfonamides is 1. The molecule has 1 unspecified atom stereocenters. The second-order valence-corrected chi connectivity index (χ2v) is 10.5. The van der Waals surface area contributed by atoms with Gasteiger partial charge in [-0.3, -0.25) is 9.69 Å². The quantitative estimate of drug-likeness (QED) is 0.477. The van der Waals surface area contributed by atoms with Gasteiger partial charge in [-0.2, -0.15) is 0 Å². The minimum absolute atomic E-state index is 0.147. The molecule has 3 aromatic rings. The van der Waals surface area contributed by atoms with E-state index in [9.17, 15) is 18.0 Å². The number of carbonyl (C=O) groups is 2. The summed E-state index contributed by atoms with van der Waals surface area (Å²) >= 11 is 0. The molecule has 2 aromatic carbocycles. The van der Waals surface area contributed by atoms with Crippen molar-refractivity contribution < 1.29 is 22.7 Å². The van der Waals surface area contributed by atoms with Crippen molar-refractivity contribution in [3.8, 4) is 0 Å². The van der Waals surface area contributed by atoms with Crippen molar-refractivity contribution >= 4 is 38.6 Å². The standard InChI is InChI=1S/C24H28N4O5S/c1-5-27-20-11-10-17(34(31,32)26(2)3)15-18(20)25-22(27)12-13-23(29)28-19-9-7-6-8-16(19)14-21(28)24(30)33-4/h6-11,15,21H,5,12-14H2,1-4H3. The largest absolute Gasteiger partial charge is 0.467 e. The summed E-state index contributed by atoms with van der Waals surface area (Å²) in [6, 6.07) is 11.7. The lowest BCUT2D eigenvalue weighted by molar-refractivity contribution is -0.143. The lowest BCUT2D eigenvalue weighted by Crippen LogP contribution is -2.43. The number of para-hydroxylation sites is 1. The average molecular weight is 485 g/mol. The van der Waals surface area contributed by atoms with E-state index in [2.05, 4.69) is 4.98 Å². The first-order valence-electron chi connectivity index (χ1n) is 11.1. The molecule has 0 bridgehead atoms. The molecule has 0 aliphatic carbocycles. The molecule has 1 aromatic heterocycles. The molecule has 4 rings (SSSR count). The predicted molar refractivity (Wildman–Crippen MR) is 128 cm³/mol. The van der Waals surface area contributed by atoms with Gasteiger partial charge < -0.3 is 9.30 Å². The molecule has 0 saturated carbocycles. The molecule has 1 aliphatic heterocycles. The fourth-order valence-electron chi connectivity index (χ4n) is 4.43. The second kappa shape index (κ2) is 9.19. The minimum Gasteiger partial charge on any atom is -0.467 e. The van der Waals surface area contributed by atoms with Crippen LogP contribution in [0.2, 0.25) is 0 Å².